The zero-order valence-corrected chi connectivity index (χ0v) is 8.60. The maximum atomic E-state index is 9.90. The predicted molar refractivity (Wildman–Crippen MR) is 47.1 cm³/mol. The van der Waals surface area contributed by atoms with Crippen LogP contribution < -0.4 is 0 Å². The second-order valence-corrected chi connectivity index (χ2v) is 2.51. The second kappa shape index (κ2) is 6.29. The average Bonchev–Trinajstić information content (AvgIpc) is 1.65. The molecule has 0 N–H and O–H groups in total. The molecule has 0 unspecified atom stereocenters. The van der Waals surface area contributed by atoms with Gasteiger partial charge in [-0.25, -0.2) is 0 Å². The summed E-state index contributed by atoms with van der Waals surface area (Å²) in [6, 6.07) is 0. The van der Waals surface area contributed by atoms with Crippen LogP contribution in [0.5, 0.6) is 0 Å². The second-order valence-electron chi connectivity index (χ2n) is 1.60. The van der Waals surface area contributed by atoms with Crippen molar-refractivity contribution in [2.24, 2.45) is 0 Å². The first-order chi connectivity index (χ1) is 3.66. The lowest BCUT2D eigenvalue weighted by atomic mass is 10.6. The molecule has 0 aromatic heterocycles. The summed E-state index contributed by atoms with van der Waals surface area (Å²) in [7, 11) is 3.70. The SMILES string of the molecule is Br.CN(C)C=C(Br)C=O. The lowest BCUT2D eigenvalue weighted by Crippen LogP contribution is -2.01. The van der Waals surface area contributed by atoms with E-state index >= 15 is 0 Å². The van der Waals surface area contributed by atoms with E-state index in [1.807, 2.05) is 14.1 Å². The maximum absolute atomic E-state index is 9.90. The standard InChI is InChI=1S/C5H8BrNO.BrH/c1-7(2)3-5(6)4-8;/h3-4H,1-2H3;1H. The van der Waals surface area contributed by atoms with Gasteiger partial charge in [0.15, 0.2) is 6.29 Å². The van der Waals surface area contributed by atoms with Crippen molar-refractivity contribution < 1.29 is 4.79 Å². The lowest BCUT2D eigenvalue weighted by Gasteiger charge is -2.01. The van der Waals surface area contributed by atoms with Crippen LogP contribution in [0.25, 0.3) is 0 Å². The summed E-state index contributed by atoms with van der Waals surface area (Å²) < 4.78 is 0.558. The first-order valence-electron chi connectivity index (χ1n) is 2.15. The smallest absolute Gasteiger partial charge is 0.158 e. The highest BCUT2D eigenvalue weighted by molar-refractivity contribution is 9.12. The van der Waals surface area contributed by atoms with Crippen LogP contribution in [0.2, 0.25) is 0 Å². The quantitative estimate of drug-likeness (QED) is 0.554. The molecular weight excluding hydrogens is 250 g/mol. The molecule has 0 aliphatic heterocycles. The molecule has 0 aliphatic carbocycles. The molecular formula is C5H9Br2NO. The molecule has 0 saturated carbocycles. The van der Waals surface area contributed by atoms with Crippen molar-refractivity contribution in [3.05, 3.63) is 10.7 Å². The molecule has 0 saturated heterocycles. The molecule has 0 aromatic carbocycles. The van der Waals surface area contributed by atoms with Gasteiger partial charge in [-0.15, -0.1) is 17.0 Å². The van der Waals surface area contributed by atoms with Gasteiger partial charge in [0.2, 0.25) is 0 Å². The summed E-state index contributed by atoms with van der Waals surface area (Å²) in [5.41, 5.74) is 0. The fourth-order valence-corrected chi connectivity index (χ4v) is 0.687. The molecule has 0 fully saturated rings. The highest BCUT2D eigenvalue weighted by atomic mass is 79.9. The molecule has 0 aromatic rings. The van der Waals surface area contributed by atoms with Crippen LogP contribution in [0, 0.1) is 0 Å². The number of rotatable bonds is 2. The van der Waals surface area contributed by atoms with E-state index in [1.165, 1.54) is 0 Å². The number of aldehydes is 1. The van der Waals surface area contributed by atoms with Crippen LogP contribution in [-0.4, -0.2) is 25.3 Å². The van der Waals surface area contributed by atoms with E-state index in [-0.39, 0.29) is 17.0 Å². The number of carbonyl (C=O) groups is 1. The van der Waals surface area contributed by atoms with Gasteiger partial charge in [0.05, 0.1) is 4.48 Å². The molecule has 0 radical (unpaired) electrons. The molecule has 54 valence electrons. The summed E-state index contributed by atoms with van der Waals surface area (Å²) in [5.74, 6) is 0. The van der Waals surface area contributed by atoms with Gasteiger partial charge in [0.1, 0.15) is 0 Å². The molecule has 0 atom stereocenters. The van der Waals surface area contributed by atoms with Crippen LogP contribution in [0.3, 0.4) is 0 Å². The molecule has 2 nitrogen and oxygen atoms in total. The van der Waals surface area contributed by atoms with Gasteiger partial charge < -0.3 is 4.90 Å². The van der Waals surface area contributed by atoms with Gasteiger partial charge in [0, 0.05) is 20.3 Å². The van der Waals surface area contributed by atoms with Crippen molar-refractivity contribution in [2.75, 3.05) is 14.1 Å². The largest absolute Gasteiger partial charge is 0.382 e. The minimum Gasteiger partial charge on any atom is -0.382 e. The van der Waals surface area contributed by atoms with Crippen LogP contribution >= 0.6 is 32.9 Å². The molecule has 0 aliphatic rings. The van der Waals surface area contributed by atoms with Gasteiger partial charge in [-0.2, -0.15) is 0 Å². The van der Waals surface area contributed by atoms with E-state index in [1.54, 1.807) is 11.1 Å². The van der Waals surface area contributed by atoms with Gasteiger partial charge in [-0.1, -0.05) is 0 Å². The number of hydrogen-bond acceptors (Lipinski definition) is 2. The van der Waals surface area contributed by atoms with Crippen LogP contribution in [0.4, 0.5) is 0 Å². The molecule has 0 spiro atoms. The fourth-order valence-electron chi connectivity index (χ4n) is 0.277. The van der Waals surface area contributed by atoms with E-state index < -0.39 is 0 Å². The molecule has 0 rings (SSSR count). The zero-order chi connectivity index (χ0) is 6.57. The first-order valence-corrected chi connectivity index (χ1v) is 2.95. The fraction of sp³-hybridized carbons (Fsp3) is 0.400. The van der Waals surface area contributed by atoms with Crippen molar-refractivity contribution in [1.29, 1.82) is 0 Å². The Bertz CT molecular complexity index is 112. The Hall–Kier alpha value is 0.170. The molecule has 9 heavy (non-hydrogen) atoms. The minimum atomic E-state index is 0. The van der Waals surface area contributed by atoms with E-state index in [4.69, 9.17) is 0 Å². The lowest BCUT2D eigenvalue weighted by molar-refractivity contribution is -0.104. The monoisotopic (exact) mass is 257 g/mol. The maximum Gasteiger partial charge on any atom is 0.158 e. The zero-order valence-electron chi connectivity index (χ0n) is 5.30. The normalized spacial score (nSPS) is 9.89. The van der Waals surface area contributed by atoms with Crippen molar-refractivity contribution in [2.45, 2.75) is 0 Å². The average molecular weight is 259 g/mol. The third-order valence-electron chi connectivity index (χ3n) is 0.494. The van der Waals surface area contributed by atoms with E-state index in [9.17, 15) is 4.79 Å². The first kappa shape index (κ1) is 11.9. The van der Waals surface area contributed by atoms with Crippen LogP contribution in [0.1, 0.15) is 0 Å². The molecule has 0 bridgehead atoms. The van der Waals surface area contributed by atoms with Crippen molar-refractivity contribution in [3.8, 4) is 0 Å². The van der Waals surface area contributed by atoms with Gasteiger partial charge in [0.25, 0.3) is 0 Å². The molecule has 4 heteroatoms. The highest BCUT2D eigenvalue weighted by Crippen LogP contribution is 1.98. The van der Waals surface area contributed by atoms with E-state index in [2.05, 4.69) is 15.9 Å². The van der Waals surface area contributed by atoms with Crippen molar-refractivity contribution >= 4 is 39.2 Å². The summed E-state index contributed by atoms with van der Waals surface area (Å²) >= 11 is 3.03. The Kier molecular flexibility index (Phi) is 8.32. The Morgan fingerprint density at radius 3 is 2.11 bits per heavy atom. The van der Waals surface area contributed by atoms with E-state index in [0.29, 0.717) is 4.48 Å². The van der Waals surface area contributed by atoms with Crippen LogP contribution in [0.15, 0.2) is 10.7 Å². The van der Waals surface area contributed by atoms with Gasteiger partial charge >= 0.3 is 0 Å². The van der Waals surface area contributed by atoms with Crippen LogP contribution in [-0.2, 0) is 4.79 Å². The van der Waals surface area contributed by atoms with Gasteiger partial charge in [-0.05, 0) is 15.9 Å². The summed E-state index contributed by atoms with van der Waals surface area (Å²) in [5, 5.41) is 0. The molecule has 0 amide bonds. The summed E-state index contributed by atoms with van der Waals surface area (Å²) in [4.78, 5) is 11.7. The third kappa shape index (κ3) is 8.17. The Morgan fingerprint density at radius 1 is 1.56 bits per heavy atom. The number of hydrogen-bond donors (Lipinski definition) is 0. The van der Waals surface area contributed by atoms with Crippen molar-refractivity contribution in [3.63, 3.8) is 0 Å². The predicted octanol–water partition coefficient (Wildman–Crippen LogP) is 1.56. The van der Waals surface area contributed by atoms with E-state index in [0.717, 1.165) is 6.29 Å². The Morgan fingerprint density at radius 2 is 2.00 bits per heavy atom. The summed E-state index contributed by atoms with van der Waals surface area (Å²) in [6.45, 7) is 0. The topological polar surface area (TPSA) is 20.3 Å². The third-order valence-corrected chi connectivity index (χ3v) is 0.886. The summed E-state index contributed by atoms with van der Waals surface area (Å²) in [6.07, 6.45) is 2.44. The van der Waals surface area contributed by atoms with Gasteiger partial charge in [-0.3, -0.25) is 4.79 Å². The minimum absolute atomic E-state index is 0. The number of carbonyl (C=O) groups excluding carboxylic acids is 1. The molecule has 0 heterocycles. The highest BCUT2D eigenvalue weighted by Gasteiger charge is 1.84. The Balaban J connectivity index is 0. The number of halogens is 2. The Labute approximate surface area is 73.8 Å². The van der Waals surface area contributed by atoms with Crippen molar-refractivity contribution in [1.82, 2.24) is 4.90 Å². The number of allylic oxidation sites excluding steroid dienone is 1. The number of nitrogens with zero attached hydrogens (tertiary/aromatic N) is 1.